The number of halogens is 2. The average molecular weight is 449 g/mol. The lowest BCUT2D eigenvalue weighted by Crippen LogP contribution is -2.43. The minimum absolute atomic E-state index is 0.332. The van der Waals surface area contributed by atoms with Crippen LogP contribution in [0.15, 0.2) is 65.8 Å². The fourth-order valence-electron chi connectivity index (χ4n) is 3.83. The molecule has 2 unspecified atom stereocenters. The van der Waals surface area contributed by atoms with Crippen molar-refractivity contribution in [1.82, 2.24) is 15.2 Å². The molecule has 0 saturated carbocycles. The number of nitrogens with one attached hydrogen (secondary N) is 1. The van der Waals surface area contributed by atoms with Crippen LogP contribution in [0.5, 0.6) is 0 Å². The predicted octanol–water partition coefficient (Wildman–Crippen LogP) is 4.29. The molecule has 1 aliphatic rings. The third-order valence-corrected chi connectivity index (χ3v) is 5.95. The highest BCUT2D eigenvalue weighted by atomic mass is 31.0. The lowest BCUT2D eigenvalue weighted by Gasteiger charge is -2.38. The van der Waals surface area contributed by atoms with Gasteiger partial charge in [-0.3, -0.25) is 5.01 Å². The topological polar surface area (TPSA) is 30.9 Å². The lowest BCUT2D eigenvalue weighted by molar-refractivity contribution is 0.110. The number of hydrogen-bond donors (Lipinski definition) is 1. The summed E-state index contributed by atoms with van der Waals surface area (Å²) in [6.45, 7) is 8.86. The number of nitrogens with zero attached hydrogens (tertiary/aromatic N) is 3. The second kappa shape index (κ2) is 12.2. The van der Waals surface area contributed by atoms with Gasteiger partial charge in [0.2, 0.25) is 0 Å². The van der Waals surface area contributed by atoms with Gasteiger partial charge in [-0.2, -0.15) is 5.10 Å². The molecule has 0 fully saturated rings. The van der Waals surface area contributed by atoms with Crippen molar-refractivity contribution in [3.05, 3.63) is 66.3 Å². The average Bonchev–Trinajstić information content (AvgIpc) is 3.07. The van der Waals surface area contributed by atoms with Crippen molar-refractivity contribution < 1.29 is 8.78 Å². The molecule has 2 rings (SSSR count). The third kappa shape index (κ3) is 7.34. The Labute approximate surface area is 188 Å². The molecule has 2 atom stereocenters. The molecular formula is C24H35F2N4P. The highest BCUT2D eigenvalue weighted by Gasteiger charge is 2.42. The molecular weight excluding hydrogens is 413 g/mol. The Morgan fingerprint density at radius 2 is 2.03 bits per heavy atom. The van der Waals surface area contributed by atoms with E-state index in [0.717, 1.165) is 56.5 Å². The molecule has 1 heterocycles. The molecule has 1 N–H and O–H groups in total. The molecule has 0 spiro atoms. The minimum atomic E-state index is -0.680. The molecule has 4 nitrogen and oxygen atoms in total. The summed E-state index contributed by atoms with van der Waals surface area (Å²) in [6, 6.07) is 8.24. The number of hydrazone groups is 1. The first-order valence-electron chi connectivity index (χ1n) is 10.7. The van der Waals surface area contributed by atoms with Gasteiger partial charge in [0.25, 0.3) is 0 Å². The van der Waals surface area contributed by atoms with Gasteiger partial charge in [-0.1, -0.05) is 37.8 Å². The molecule has 1 aliphatic heterocycles. The maximum Gasteiger partial charge on any atom is 0.125 e. The van der Waals surface area contributed by atoms with Crippen LogP contribution in [0.1, 0.15) is 31.7 Å². The SMILES string of the molecule is C=C(F)/C=C\C(F)=C\C1=NN(CCCNCCN(C)C)C(CC)(c2ccccc2P)C1. The molecule has 0 aromatic heterocycles. The number of hydrogen-bond acceptors (Lipinski definition) is 4. The largest absolute Gasteiger partial charge is 0.315 e. The Balaban J connectivity index is 2.21. The first-order valence-corrected chi connectivity index (χ1v) is 11.3. The van der Waals surface area contributed by atoms with E-state index < -0.39 is 11.7 Å². The van der Waals surface area contributed by atoms with E-state index in [1.165, 1.54) is 11.6 Å². The van der Waals surface area contributed by atoms with E-state index in [9.17, 15) is 8.78 Å². The van der Waals surface area contributed by atoms with E-state index in [2.05, 4.69) is 64.2 Å². The normalized spacial score (nSPS) is 19.5. The van der Waals surface area contributed by atoms with Gasteiger partial charge in [-0.15, -0.1) is 9.24 Å². The van der Waals surface area contributed by atoms with Gasteiger partial charge in [0.1, 0.15) is 11.7 Å². The molecule has 0 saturated heterocycles. The zero-order chi connectivity index (χ0) is 22.9. The molecule has 31 heavy (non-hydrogen) atoms. The van der Waals surface area contributed by atoms with Crippen LogP contribution in [0, 0.1) is 0 Å². The van der Waals surface area contributed by atoms with Crippen molar-refractivity contribution in [2.75, 3.05) is 40.3 Å². The second-order valence-corrected chi connectivity index (χ2v) is 8.70. The summed E-state index contributed by atoms with van der Waals surface area (Å²) >= 11 is 0. The molecule has 1 aromatic rings. The van der Waals surface area contributed by atoms with Gasteiger partial charge in [-0.05, 0) is 62.6 Å². The van der Waals surface area contributed by atoms with Crippen LogP contribution in [-0.2, 0) is 5.54 Å². The van der Waals surface area contributed by atoms with Crippen molar-refractivity contribution in [3.63, 3.8) is 0 Å². The summed E-state index contributed by atoms with van der Waals surface area (Å²) in [7, 11) is 6.93. The van der Waals surface area contributed by atoms with Crippen molar-refractivity contribution >= 4 is 20.3 Å². The summed E-state index contributed by atoms with van der Waals surface area (Å²) < 4.78 is 27.1. The van der Waals surface area contributed by atoms with E-state index in [1.54, 1.807) is 0 Å². The van der Waals surface area contributed by atoms with E-state index in [4.69, 9.17) is 5.10 Å². The highest BCUT2D eigenvalue weighted by molar-refractivity contribution is 7.27. The Morgan fingerprint density at radius 1 is 1.29 bits per heavy atom. The summed E-state index contributed by atoms with van der Waals surface area (Å²) in [5, 5.41) is 11.5. The first kappa shape index (κ1) is 25.4. The predicted molar refractivity (Wildman–Crippen MR) is 131 cm³/mol. The van der Waals surface area contributed by atoms with Crippen LogP contribution in [0.4, 0.5) is 8.78 Å². The van der Waals surface area contributed by atoms with Crippen LogP contribution < -0.4 is 10.6 Å². The van der Waals surface area contributed by atoms with Crippen molar-refractivity contribution in [1.29, 1.82) is 0 Å². The van der Waals surface area contributed by atoms with Gasteiger partial charge >= 0.3 is 0 Å². The quantitative estimate of drug-likeness (QED) is 0.294. The van der Waals surface area contributed by atoms with E-state index in [1.807, 2.05) is 12.1 Å². The van der Waals surface area contributed by atoms with Crippen molar-refractivity contribution in [2.24, 2.45) is 5.10 Å². The highest BCUT2D eigenvalue weighted by Crippen LogP contribution is 2.41. The van der Waals surface area contributed by atoms with Crippen LogP contribution in [0.25, 0.3) is 0 Å². The number of allylic oxidation sites excluding steroid dienone is 5. The smallest absolute Gasteiger partial charge is 0.125 e. The second-order valence-electron chi connectivity index (χ2n) is 8.08. The Morgan fingerprint density at radius 3 is 2.68 bits per heavy atom. The van der Waals surface area contributed by atoms with E-state index in [-0.39, 0.29) is 5.54 Å². The Kier molecular flexibility index (Phi) is 10.0. The van der Waals surface area contributed by atoms with Crippen LogP contribution in [0.2, 0.25) is 0 Å². The zero-order valence-electron chi connectivity index (χ0n) is 18.9. The Hall–Kier alpha value is -1.88. The number of benzene rings is 1. The summed E-state index contributed by atoms with van der Waals surface area (Å²) in [4.78, 5) is 2.15. The van der Waals surface area contributed by atoms with Crippen LogP contribution >= 0.6 is 9.24 Å². The molecule has 170 valence electrons. The summed E-state index contributed by atoms with van der Waals surface area (Å²) in [6.07, 6.45) is 5.86. The molecule has 0 bridgehead atoms. The van der Waals surface area contributed by atoms with Gasteiger partial charge in [0.15, 0.2) is 0 Å². The first-order chi connectivity index (χ1) is 14.8. The van der Waals surface area contributed by atoms with Gasteiger partial charge < -0.3 is 10.2 Å². The minimum Gasteiger partial charge on any atom is -0.315 e. The van der Waals surface area contributed by atoms with Crippen LogP contribution in [0.3, 0.4) is 0 Å². The maximum atomic E-state index is 14.3. The van der Waals surface area contributed by atoms with E-state index in [0.29, 0.717) is 12.1 Å². The monoisotopic (exact) mass is 448 g/mol. The summed E-state index contributed by atoms with van der Waals surface area (Å²) in [5.41, 5.74) is 1.51. The fourth-order valence-corrected chi connectivity index (χ4v) is 4.31. The van der Waals surface area contributed by atoms with Gasteiger partial charge in [0, 0.05) is 26.1 Å². The molecule has 7 heteroatoms. The Bertz CT molecular complexity index is 835. The standard InChI is InChI=1S/C24H35F2N4P/c1-5-24(22-9-6-7-10-23(22)31)18-21(17-20(26)12-11-19(2)25)28-30(24)15-8-13-27-14-16-29(3)4/h6-7,9-12,17,27H,2,5,8,13-16,18,31H2,1,3-4H3/b12-11-,20-17-. The molecule has 0 amide bonds. The molecule has 0 aliphatic carbocycles. The third-order valence-electron chi connectivity index (χ3n) is 5.45. The van der Waals surface area contributed by atoms with Crippen molar-refractivity contribution in [2.45, 2.75) is 31.7 Å². The molecule has 1 aromatic carbocycles. The maximum absolute atomic E-state index is 14.3. The summed E-state index contributed by atoms with van der Waals surface area (Å²) in [5.74, 6) is -1.21. The molecule has 0 radical (unpaired) electrons. The number of rotatable bonds is 12. The van der Waals surface area contributed by atoms with Gasteiger partial charge in [-0.25, -0.2) is 8.78 Å². The zero-order valence-corrected chi connectivity index (χ0v) is 20.0. The van der Waals surface area contributed by atoms with Crippen LogP contribution in [-0.4, -0.2) is 55.9 Å². The van der Waals surface area contributed by atoms with E-state index >= 15 is 0 Å². The lowest BCUT2D eigenvalue weighted by atomic mass is 9.82. The fraction of sp³-hybridized carbons (Fsp3) is 0.458. The van der Waals surface area contributed by atoms with Gasteiger partial charge in [0.05, 0.1) is 11.3 Å². The van der Waals surface area contributed by atoms with Crippen molar-refractivity contribution in [3.8, 4) is 0 Å². The number of likely N-dealkylation sites (N-methyl/N-ethyl adjacent to an activating group) is 1.